The minimum atomic E-state index is -0.184. The first kappa shape index (κ1) is 14.8. The second kappa shape index (κ2) is 7.25. The second-order valence-corrected chi connectivity index (χ2v) is 6.10. The van der Waals surface area contributed by atoms with Gasteiger partial charge in [0.05, 0.1) is 0 Å². The van der Waals surface area contributed by atoms with Crippen molar-refractivity contribution in [2.75, 3.05) is 7.05 Å². The van der Waals surface area contributed by atoms with Crippen LogP contribution >= 0.6 is 11.6 Å². The van der Waals surface area contributed by atoms with E-state index in [1.807, 2.05) is 13.1 Å². The van der Waals surface area contributed by atoms with Crippen LogP contribution in [0, 0.1) is 11.7 Å². The van der Waals surface area contributed by atoms with Crippen molar-refractivity contribution in [1.29, 1.82) is 0 Å². The molecule has 1 aromatic rings. The van der Waals surface area contributed by atoms with E-state index in [4.69, 9.17) is 11.6 Å². The number of halogens is 2. The molecule has 1 saturated carbocycles. The van der Waals surface area contributed by atoms with E-state index in [1.165, 1.54) is 38.2 Å². The molecule has 0 spiro atoms. The Balaban J connectivity index is 1.94. The van der Waals surface area contributed by atoms with Gasteiger partial charge in [-0.15, -0.1) is 0 Å². The molecule has 1 aliphatic carbocycles. The molecule has 0 saturated heterocycles. The van der Waals surface area contributed by atoms with E-state index in [2.05, 4.69) is 5.32 Å². The molecule has 1 fully saturated rings. The molecular weight excluding hydrogens is 261 g/mol. The van der Waals surface area contributed by atoms with Crippen LogP contribution in [0.15, 0.2) is 18.2 Å². The Morgan fingerprint density at radius 3 is 2.68 bits per heavy atom. The van der Waals surface area contributed by atoms with E-state index in [0.29, 0.717) is 11.1 Å². The molecule has 1 aliphatic rings. The lowest BCUT2D eigenvalue weighted by atomic mass is 9.83. The van der Waals surface area contributed by atoms with E-state index >= 15 is 0 Å². The van der Waals surface area contributed by atoms with Crippen LogP contribution in [0.2, 0.25) is 5.02 Å². The summed E-state index contributed by atoms with van der Waals surface area (Å²) in [5.74, 6) is 0.623. The molecule has 1 nitrogen and oxygen atoms in total. The number of hydrogen-bond donors (Lipinski definition) is 1. The van der Waals surface area contributed by atoms with Gasteiger partial charge in [0.15, 0.2) is 0 Å². The third-order valence-corrected chi connectivity index (χ3v) is 4.47. The number of benzene rings is 1. The van der Waals surface area contributed by atoms with Crippen molar-refractivity contribution in [3.05, 3.63) is 34.6 Å². The number of hydrogen-bond acceptors (Lipinski definition) is 1. The summed E-state index contributed by atoms with van der Waals surface area (Å²) >= 11 is 5.79. The lowest BCUT2D eigenvalue weighted by Crippen LogP contribution is -2.31. The molecule has 1 unspecified atom stereocenters. The van der Waals surface area contributed by atoms with Crippen molar-refractivity contribution in [1.82, 2.24) is 5.32 Å². The maximum Gasteiger partial charge on any atom is 0.127 e. The molecule has 3 heteroatoms. The minimum Gasteiger partial charge on any atom is -0.317 e. The first-order valence-electron chi connectivity index (χ1n) is 7.30. The number of likely N-dealkylation sites (N-methyl/N-ethyl adjacent to an activating group) is 1. The first-order chi connectivity index (χ1) is 9.19. The predicted molar refractivity (Wildman–Crippen MR) is 79.2 cm³/mol. The van der Waals surface area contributed by atoms with Crippen LogP contribution in [0.25, 0.3) is 0 Å². The standard InChI is InChI=1S/C16H23ClFN/c1-19-15(9-12-5-3-2-4-6-12)10-13-7-8-14(17)11-16(13)18/h7-8,11-12,15,19H,2-6,9-10H2,1H3. The summed E-state index contributed by atoms with van der Waals surface area (Å²) in [5, 5.41) is 3.81. The highest BCUT2D eigenvalue weighted by Gasteiger charge is 2.19. The van der Waals surface area contributed by atoms with Gasteiger partial charge in [-0.25, -0.2) is 4.39 Å². The maximum atomic E-state index is 13.8. The van der Waals surface area contributed by atoms with Gasteiger partial charge in [-0.1, -0.05) is 49.8 Å². The summed E-state index contributed by atoms with van der Waals surface area (Å²) < 4.78 is 13.8. The van der Waals surface area contributed by atoms with Gasteiger partial charge < -0.3 is 5.32 Å². The van der Waals surface area contributed by atoms with Gasteiger partial charge in [-0.05, 0) is 43.5 Å². The topological polar surface area (TPSA) is 12.0 Å². The highest BCUT2D eigenvalue weighted by atomic mass is 35.5. The molecule has 1 atom stereocenters. The third-order valence-electron chi connectivity index (χ3n) is 4.23. The molecular formula is C16H23ClFN. The van der Waals surface area contributed by atoms with Crippen LogP contribution in [0.3, 0.4) is 0 Å². The predicted octanol–water partition coefficient (Wildman–Crippen LogP) is 4.58. The van der Waals surface area contributed by atoms with Gasteiger partial charge in [0.1, 0.15) is 5.82 Å². The van der Waals surface area contributed by atoms with Crippen molar-refractivity contribution in [3.63, 3.8) is 0 Å². The average molecular weight is 284 g/mol. The zero-order valence-electron chi connectivity index (χ0n) is 11.6. The van der Waals surface area contributed by atoms with Crippen molar-refractivity contribution >= 4 is 11.6 Å². The fraction of sp³-hybridized carbons (Fsp3) is 0.625. The van der Waals surface area contributed by atoms with Crippen LogP contribution < -0.4 is 5.32 Å². The molecule has 1 N–H and O–H groups in total. The van der Waals surface area contributed by atoms with Crippen LogP contribution in [-0.4, -0.2) is 13.1 Å². The summed E-state index contributed by atoms with van der Waals surface area (Å²) in [7, 11) is 1.97. The molecule has 0 bridgehead atoms. The summed E-state index contributed by atoms with van der Waals surface area (Å²) in [4.78, 5) is 0. The Morgan fingerprint density at radius 2 is 2.05 bits per heavy atom. The monoisotopic (exact) mass is 283 g/mol. The number of nitrogens with one attached hydrogen (secondary N) is 1. The van der Waals surface area contributed by atoms with Crippen molar-refractivity contribution in [2.45, 2.75) is 51.0 Å². The molecule has 2 rings (SSSR count). The fourth-order valence-corrected chi connectivity index (χ4v) is 3.24. The Morgan fingerprint density at radius 1 is 1.32 bits per heavy atom. The lowest BCUT2D eigenvalue weighted by Gasteiger charge is -2.26. The highest BCUT2D eigenvalue weighted by Crippen LogP contribution is 2.28. The molecule has 0 aliphatic heterocycles. The zero-order valence-corrected chi connectivity index (χ0v) is 12.3. The minimum absolute atomic E-state index is 0.184. The van der Waals surface area contributed by atoms with Crippen LogP contribution in [-0.2, 0) is 6.42 Å². The van der Waals surface area contributed by atoms with Crippen molar-refractivity contribution in [2.24, 2.45) is 5.92 Å². The van der Waals surface area contributed by atoms with Gasteiger partial charge in [-0.3, -0.25) is 0 Å². The smallest absolute Gasteiger partial charge is 0.127 e. The van der Waals surface area contributed by atoms with Gasteiger partial charge >= 0.3 is 0 Å². The van der Waals surface area contributed by atoms with Crippen LogP contribution in [0.1, 0.15) is 44.1 Å². The molecule has 1 aromatic carbocycles. The Hall–Kier alpha value is -0.600. The summed E-state index contributed by atoms with van der Waals surface area (Å²) in [6, 6.07) is 5.35. The van der Waals surface area contributed by atoms with E-state index < -0.39 is 0 Å². The molecule has 0 radical (unpaired) electrons. The Labute approximate surface area is 120 Å². The van der Waals surface area contributed by atoms with Crippen molar-refractivity contribution < 1.29 is 4.39 Å². The maximum absolute atomic E-state index is 13.8. The van der Waals surface area contributed by atoms with E-state index in [0.717, 1.165) is 24.3 Å². The van der Waals surface area contributed by atoms with Crippen LogP contribution in [0.4, 0.5) is 4.39 Å². The van der Waals surface area contributed by atoms with Crippen LogP contribution in [0.5, 0.6) is 0 Å². The summed E-state index contributed by atoms with van der Waals surface area (Å²) in [6.45, 7) is 0. The Kier molecular flexibility index (Phi) is 5.65. The zero-order chi connectivity index (χ0) is 13.7. The normalized spacial score (nSPS) is 18.5. The van der Waals surface area contributed by atoms with E-state index in [9.17, 15) is 4.39 Å². The van der Waals surface area contributed by atoms with Gasteiger partial charge in [0.2, 0.25) is 0 Å². The molecule has 0 amide bonds. The second-order valence-electron chi connectivity index (χ2n) is 5.67. The molecule has 0 aromatic heterocycles. The first-order valence-corrected chi connectivity index (χ1v) is 7.68. The third kappa shape index (κ3) is 4.47. The molecule has 106 valence electrons. The Bertz CT molecular complexity index is 402. The van der Waals surface area contributed by atoms with E-state index in [-0.39, 0.29) is 5.82 Å². The van der Waals surface area contributed by atoms with Gasteiger partial charge in [-0.2, -0.15) is 0 Å². The highest BCUT2D eigenvalue weighted by molar-refractivity contribution is 6.30. The van der Waals surface area contributed by atoms with Gasteiger partial charge in [0, 0.05) is 11.1 Å². The average Bonchev–Trinajstić information content (AvgIpc) is 2.42. The summed E-state index contributed by atoms with van der Waals surface area (Å²) in [6.07, 6.45) is 8.66. The lowest BCUT2D eigenvalue weighted by molar-refractivity contribution is 0.302. The molecule has 0 heterocycles. The quantitative estimate of drug-likeness (QED) is 0.834. The largest absolute Gasteiger partial charge is 0.317 e. The fourth-order valence-electron chi connectivity index (χ4n) is 3.08. The summed E-state index contributed by atoms with van der Waals surface area (Å²) in [5.41, 5.74) is 0.763. The van der Waals surface area contributed by atoms with Crippen molar-refractivity contribution in [3.8, 4) is 0 Å². The van der Waals surface area contributed by atoms with E-state index in [1.54, 1.807) is 6.07 Å². The number of rotatable bonds is 5. The van der Waals surface area contributed by atoms with Gasteiger partial charge in [0.25, 0.3) is 0 Å². The SMILES string of the molecule is CNC(Cc1ccc(Cl)cc1F)CC1CCCCC1. The molecule has 19 heavy (non-hydrogen) atoms.